The minimum atomic E-state index is -0.522. The molecule has 0 radical (unpaired) electrons. The lowest BCUT2D eigenvalue weighted by molar-refractivity contribution is 0.375. The highest BCUT2D eigenvalue weighted by atomic mass is 35.5. The van der Waals surface area contributed by atoms with Crippen LogP contribution in [0.4, 0.5) is 8.78 Å². The van der Waals surface area contributed by atoms with Crippen LogP contribution in [0.1, 0.15) is 31.2 Å². The lowest BCUT2D eigenvalue weighted by atomic mass is 9.95. The first kappa shape index (κ1) is 12.8. The zero-order valence-corrected chi connectivity index (χ0v) is 10.3. The molecule has 0 unspecified atom stereocenters. The van der Waals surface area contributed by atoms with E-state index < -0.39 is 11.6 Å². The molecular formula is C13H16ClF2N. The molecule has 1 aromatic carbocycles. The number of alkyl halides is 1. The fourth-order valence-corrected chi connectivity index (χ4v) is 2.48. The third kappa shape index (κ3) is 3.93. The van der Waals surface area contributed by atoms with E-state index in [4.69, 9.17) is 11.6 Å². The van der Waals surface area contributed by atoms with Crippen molar-refractivity contribution in [2.45, 2.75) is 43.6 Å². The Morgan fingerprint density at radius 3 is 2.24 bits per heavy atom. The molecule has 0 aromatic heterocycles. The van der Waals surface area contributed by atoms with Crippen LogP contribution in [0, 0.1) is 11.6 Å². The van der Waals surface area contributed by atoms with Gasteiger partial charge in [0, 0.05) is 24.0 Å². The minimum Gasteiger partial charge on any atom is -0.310 e. The second-order valence-electron chi connectivity index (χ2n) is 4.61. The Balaban J connectivity index is 1.85. The van der Waals surface area contributed by atoms with Crippen molar-refractivity contribution in [3.63, 3.8) is 0 Å². The van der Waals surface area contributed by atoms with Gasteiger partial charge in [-0.15, -0.1) is 11.6 Å². The van der Waals surface area contributed by atoms with Crippen molar-refractivity contribution in [1.29, 1.82) is 0 Å². The molecule has 17 heavy (non-hydrogen) atoms. The van der Waals surface area contributed by atoms with E-state index in [0.717, 1.165) is 31.7 Å². The third-order valence-electron chi connectivity index (χ3n) is 3.17. The van der Waals surface area contributed by atoms with Gasteiger partial charge in [-0.1, -0.05) is 0 Å². The number of rotatable bonds is 3. The molecule has 4 heteroatoms. The van der Waals surface area contributed by atoms with Gasteiger partial charge in [-0.05, 0) is 43.4 Å². The van der Waals surface area contributed by atoms with Gasteiger partial charge in [-0.3, -0.25) is 0 Å². The molecule has 94 valence electrons. The second kappa shape index (κ2) is 5.78. The summed E-state index contributed by atoms with van der Waals surface area (Å²) in [5.74, 6) is -1.04. The van der Waals surface area contributed by atoms with Crippen LogP contribution in [-0.2, 0) is 6.54 Å². The van der Waals surface area contributed by atoms with Crippen molar-refractivity contribution in [3.8, 4) is 0 Å². The Morgan fingerprint density at radius 1 is 1.06 bits per heavy atom. The van der Waals surface area contributed by atoms with Crippen LogP contribution >= 0.6 is 11.6 Å². The molecular weight excluding hydrogens is 244 g/mol. The van der Waals surface area contributed by atoms with Gasteiger partial charge < -0.3 is 5.32 Å². The Hall–Kier alpha value is -0.670. The number of benzene rings is 1. The van der Waals surface area contributed by atoms with Gasteiger partial charge in [-0.2, -0.15) is 0 Å². The standard InChI is InChI=1S/C13H16ClF2N/c14-10-1-3-13(4-2-10)17-8-9-5-11(15)7-12(16)6-9/h5-7,10,13,17H,1-4,8H2. The van der Waals surface area contributed by atoms with Gasteiger partial charge in [0.1, 0.15) is 11.6 Å². The van der Waals surface area contributed by atoms with E-state index in [0.29, 0.717) is 23.5 Å². The third-order valence-corrected chi connectivity index (χ3v) is 3.61. The number of nitrogens with one attached hydrogen (secondary N) is 1. The van der Waals surface area contributed by atoms with Gasteiger partial charge in [0.15, 0.2) is 0 Å². The fourth-order valence-electron chi connectivity index (χ4n) is 2.23. The Morgan fingerprint density at radius 2 is 1.65 bits per heavy atom. The molecule has 0 heterocycles. The number of halogens is 3. The molecule has 1 saturated carbocycles. The van der Waals surface area contributed by atoms with Crippen molar-refractivity contribution in [2.24, 2.45) is 0 Å². The van der Waals surface area contributed by atoms with E-state index in [2.05, 4.69) is 5.32 Å². The molecule has 0 spiro atoms. The summed E-state index contributed by atoms with van der Waals surface area (Å²) in [5, 5.41) is 3.61. The molecule has 1 aromatic rings. The molecule has 1 nitrogen and oxygen atoms in total. The molecule has 1 aliphatic carbocycles. The summed E-state index contributed by atoms with van der Waals surface area (Å²) in [4.78, 5) is 0. The zero-order valence-electron chi connectivity index (χ0n) is 9.56. The number of hydrogen-bond donors (Lipinski definition) is 1. The zero-order chi connectivity index (χ0) is 12.3. The van der Waals surface area contributed by atoms with Gasteiger partial charge in [0.2, 0.25) is 0 Å². The van der Waals surface area contributed by atoms with Crippen LogP contribution in [0.3, 0.4) is 0 Å². The van der Waals surface area contributed by atoms with E-state index in [1.807, 2.05) is 0 Å². The van der Waals surface area contributed by atoms with E-state index in [9.17, 15) is 8.78 Å². The van der Waals surface area contributed by atoms with E-state index in [1.54, 1.807) is 0 Å². The predicted octanol–water partition coefficient (Wildman–Crippen LogP) is 3.60. The first-order chi connectivity index (χ1) is 8.13. The molecule has 0 aliphatic heterocycles. The maximum atomic E-state index is 13.0. The lowest BCUT2D eigenvalue weighted by Crippen LogP contribution is -2.33. The molecule has 2 rings (SSSR count). The van der Waals surface area contributed by atoms with Gasteiger partial charge in [0.25, 0.3) is 0 Å². The molecule has 1 fully saturated rings. The normalized spacial score (nSPS) is 24.9. The largest absolute Gasteiger partial charge is 0.310 e. The smallest absolute Gasteiger partial charge is 0.126 e. The number of hydrogen-bond acceptors (Lipinski definition) is 1. The maximum absolute atomic E-state index is 13.0. The molecule has 1 N–H and O–H groups in total. The van der Waals surface area contributed by atoms with Crippen LogP contribution in [-0.4, -0.2) is 11.4 Å². The van der Waals surface area contributed by atoms with E-state index >= 15 is 0 Å². The molecule has 0 bridgehead atoms. The highest BCUT2D eigenvalue weighted by Gasteiger charge is 2.18. The van der Waals surface area contributed by atoms with Crippen molar-refractivity contribution >= 4 is 11.6 Å². The Labute approximate surface area is 105 Å². The summed E-state index contributed by atoms with van der Waals surface area (Å²) in [5.41, 5.74) is 0.649. The predicted molar refractivity (Wildman–Crippen MR) is 65.1 cm³/mol. The first-order valence-corrected chi connectivity index (χ1v) is 6.39. The highest BCUT2D eigenvalue weighted by Crippen LogP contribution is 2.23. The van der Waals surface area contributed by atoms with Crippen LogP contribution in [0.25, 0.3) is 0 Å². The van der Waals surface area contributed by atoms with E-state index in [1.165, 1.54) is 12.1 Å². The summed E-state index contributed by atoms with van der Waals surface area (Å²) in [7, 11) is 0. The summed E-state index contributed by atoms with van der Waals surface area (Å²) in [6.07, 6.45) is 4.09. The van der Waals surface area contributed by atoms with Crippen LogP contribution < -0.4 is 5.32 Å². The van der Waals surface area contributed by atoms with Gasteiger partial charge >= 0.3 is 0 Å². The quantitative estimate of drug-likeness (QED) is 0.818. The van der Waals surface area contributed by atoms with E-state index in [-0.39, 0.29) is 0 Å². The highest BCUT2D eigenvalue weighted by molar-refractivity contribution is 6.20. The Kier molecular flexibility index (Phi) is 4.35. The van der Waals surface area contributed by atoms with Gasteiger partial charge in [0.05, 0.1) is 0 Å². The fraction of sp³-hybridized carbons (Fsp3) is 0.538. The van der Waals surface area contributed by atoms with Crippen molar-refractivity contribution < 1.29 is 8.78 Å². The average molecular weight is 260 g/mol. The molecule has 0 atom stereocenters. The molecule has 0 amide bonds. The Bertz CT molecular complexity index is 355. The van der Waals surface area contributed by atoms with Crippen molar-refractivity contribution in [2.75, 3.05) is 0 Å². The second-order valence-corrected chi connectivity index (χ2v) is 5.22. The SMILES string of the molecule is Fc1cc(F)cc(CNC2CCC(Cl)CC2)c1. The molecule has 1 aliphatic rings. The monoisotopic (exact) mass is 259 g/mol. The average Bonchev–Trinajstić information content (AvgIpc) is 2.27. The van der Waals surface area contributed by atoms with Gasteiger partial charge in [-0.25, -0.2) is 8.78 Å². The summed E-state index contributed by atoms with van der Waals surface area (Å²) in [6.45, 7) is 0.506. The molecule has 0 saturated heterocycles. The maximum Gasteiger partial charge on any atom is 0.126 e. The lowest BCUT2D eigenvalue weighted by Gasteiger charge is -2.26. The first-order valence-electron chi connectivity index (χ1n) is 5.96. The van der Waals surface area contributed by atoms with Crippen LogP contribution in [0.5, 0.6) is 0 Å². The summed E-state index contributed by atoms with van der Waals surface area (Å²) in [6, 6.07) is 4.03. The van der Waals surface area contributed by atoms with Crippen molar-refractivity contribution in [3.05, 3.63) is 35.4 Å². The minimum absolute atomic E-state index is 0.291. The van der Waals surface area contributed by atoms with Crippen molar-refractivity contribution in [1.82, 2.24) is 5.32 Å². The summed E-state index contributed by atoms with van der Waals surface area (Å²) >= 11 is 6.01. The van der Waals surface area contributed by atoms with Crippen LogP contribution in [0.2, 0.25) is 0 Å². The summed E-state index contributed by atoms with van der Waals surface area (Å²) < 4.78 is 25.9. The van der Waals surface area contributed by atoms with Crippen LogP contribution in [0.15, 0.2) is 18.2 Å². The topological polar surface area (TPSA) is 12.0 Å².